The fourth-order valence-electron chi connectivity index (χ4n) is 5.32. The highest BCUT2D eigenvalue weighted by molar-refractivity contribution is 7.16. The number of aryl methyl sites for hydroxylation is 1. The third kappa shape index (κ3) is 2.98. The average molecular weight is 430 g/mol. The van der Waals surface area contributed by atoms with Crippen LogP contribution in [0.15, 0.2) is 18.6 Å². The number of amides is 2. The van der Waals surface area contributed by atoms with Gasteiger partial charge in [0.15, 0.2) is 0 Å². The predicted octanol–water partition coefficient (Wildman–Crippen LogP) is 2.18. The number of rotatable bonds is 5. The van der Waals surface area contributed by atoms with Gasteiger partial charge in [0.05, 0.1) is 29.5 Å². The van der Waals surface area contributed by atoms with Gasteiger partial charge in [0, 0.05) is 46.1 Å². The number of hydrogen-bond donors (Lipinski definition) is 0. The number of carbonyl (C=O) groups excluding carboxylic acids is 2. The number of hydrogen-bond acceptors (Lipinski definition) is 6. The van der Waals surface area contributed by atoms with Gasteiger partial charge >= 0.3 is 0 Å². The molecular formula is C21H27N5O3S. The third-order valence-electron chi connectivity index (χ3n) is 7.35. The van der Waals surface area contributed by atoms with E-state index in [-0.39, 0.29) is 28.9 Å². The molecule has 3 fully saturated rings. The summed E-state index contributed by atoms with van der Waals surface area (Å²) in [6.07, 6.45) is 9.89. The summed E-state index contributed by atoms with van der Waals surface area (Å²) in [6.45, 7) is 1.15. The van der Waals surface area contributed by atoms with Crippen molar-refractivity contribution in [2.24, 2.45) is 12.5 Å². The van der Waals surface area contributed by atoms with E-state index in [0.29, 0.717) is 18.0 Å². The number of aromatic nitrogens is 3. The van der Waals surface area contributed by atoms with Crippen LogP contribution in [0.25, 0.3) is 10.6 Å². The molecule has 160 valence electrons. The van der Waals surface area contributed by atoms with Crippen molar-refractivity contribution in [2.75, 3.05) is 27.2 Å². The van der Waals surface area contributed by atoms with Gasteiger partial charge in [-0.2, -0.15) is 5.10 Å². The molecule has 1 aliphatic heterocycles. The van der Waals surface area contributed by atoms with Gasteiger partial charge in [-0.05, 0) is 32.1 Å². The molecule has 0 spiro atoms. The highest BCUT2D eigenvalue weighted by Crippen LogP contribution is 2.58. The number of ether oxygens (including phenoxy) is 1. The molecule has 2 aromatic heterocycles. The first kappa shape index (κ1) is 19.7. The maximum atomic E-state index is 13.3. The third-order valence-corrected chi connectivity index (χ3v) is 8.39. The lowest BCUT2D eigenvalue weighted by molar-refractivity contribution is -0.145. The Hall–Kier alpha value is -2.26. The maximum absolute atomic E-state index is 13.3. The Labute approximate surface area is 179 Å². The largest absolute Gasteiger partial charge is 0.378 e. The van der Waals surface area contributed by atoms with Gasteiger partial charge in [-0.1, -0.05) is 0 Å². The molecule has 30 heavy (non-hydrogen) atoms. The van der Waals surface area contributed by atoms with Gasteiger partial charge in [0.2, 0.25) is 5.91 Å². The number of likely N-dealkylation sites (N-methyl/N-ethyl adjacent to an activating group) is 1. The molecule has 2 amide bonds. The van der Waals surface area contributed by atoms with Crippen LogP contribution < -0.4 is 0 Å². The number of methoxy groups -OCH3 is 1. The monoisotopic (exact) mass is 429 g/mol. The lowest BCUT2D eigenvalue weighted by atomic mass is 9.82. The summed E-state index contributed by atoms with van der Waals surface area (Å²) in [5.41, 5.74) is 0.565. The summed E-state index contributed by atoms with van der Waals surface area (Å²) in [6, 6.07) is 0.0830. The van der Waals surface area contributed by atoms with Crippen molar-refractivity contribution >= 4 is 23.2 Å². The van der Waals surface area contributed by atoms with Crippen molar-refractivity contribution in [1.82, 2.24) is 24.6 Å². The van der Waals surface area contributed by atoms with E-state index < -0.39 is 0 Å². The number of nitrogens with zero attached hydrogens (tertiary/aromatic N) is 5. The smallest absolute Gasteiger partial charge is 0.265 e. The van der Waals surface area contributed by atoms with Crippen LogP contribution in [0.5, 0.6) is 0 Å². The summed E-state index contributed by atoms with van der Waals surface area (Å²) < 4.78 is 7.46. The fourth-order valence-corrected chi connectivity index (χ4v) is 6.18. The Morgan fingerprint density at radius 1 is 1.23 bits per heavy atom. The van der Waals surface area contributed by atoms with Crippen molar-refractivity contribution in [3.8, 4) is 10.6 Å². The van der Waals surface area contributed by atoms with Crippen LogP contribution >= 0.6 is 11.3 Å². The van der Waals surface area contributed by atoms with Gasteiger partial charge in [0.1, 0.15) is 9.88 Å². The zero-order valence-electron chi connectivity index (χ0n) is 17.6. The van der Waals surface area contributed by atoms with E-state index in [1.54, 1.807) is 29.1 Å². The second kappa shape index (κ2) is 6.88. The molecule has 0 aromatic carbocycles. The fraction of sp³-hybridized carbons (Fsp3) is 0.619. The van der Waals surface area contributed by atoms with Crippen LogP contribution in [0.4, 0.5) is 0 Å². The molecule has 8 nitrogen and oxygen atoms in total. The molecule has 0 N–H and O–H groups in total. The van der Waals surface area contributed by atoms with Gasteiger partial charge in [-0.15, -0.1) is 11.3 Å². The van der Waals surface area contributed by atoms with E-state index in [9.17, 15) is 9.59 Å². The highest BCUT2D eigenvalue weighted by atomic mass is 32.1. The van der Waals surface area contributed by atoms with Crippen LogP contribution in [0.1, 0.15) is 41.8 Å². The zero-order chi connectivity index (χ0) is 21.1. The maximum Gasteiger partial charge on any atom is 0.265 e. The van der Waals surface area contributed by atoms with E-state index in [0.717, 1.165) is 42.7 Å². The van der Waals surface area contributed by atoms with Gasteiger partial charge in [-0.3, -0.25) is 14.3 Å². The molecule has 2 bridgehead atoms. The number of likely N-dealkylation sites (tertiary alicyclic amines) is 1. The molecule has 0 radical (unpaired) electrons. The summed E-state index contributed by atoms with van der Waals surface area (Å²) in [4.78, 5) is 34.8. The van der Waals surface area contributed by atoms with Crippen LogP contribution in [-0.2, 0) is 16.6 Å². The minimum atomic E-state index is -0.258. The topological polar surface area (TPSA) is 80.6 Å². The number of carbonyl (C=O) groups is 2. The summed E-state index contributed by atoms with van der Waals surface area (Å²) in [5.74, 6) is 0.214. The summed E-state index contributed by atoms with van der Waals surface area (Å²) in [5, 5.41) is 4.95. The van der Waals surface area contributed by atoms with Crippen LogP contribution in [-0.4, -0.2) is 75.3 Å². The molecule has 0 unspecified atom stereocenters. The van der Waals surface area contributed by atoms with Crippen molar-refractivity contribution in [2.45, 2.75) is 43.7 Å². The second-order valence-electron chi connectivity index (χ2n) is 9.06. The lowest BCUT2D eigenvalue weighted by Gasteiger charge is -2.45. The first-order valence-corrected chi connectivity index (χ1v) is 11.2. The standard InChI is InChI=1S/C21H27N5O3S/c1-24-10-14(8-23-24)17-22-9-16(30-17)18(27)26-11-15(12-26)25(2)19(28)20-4-6-21(13-20,29-3)7-5-20/h8-10,15H,4-7,11-13H2,1-3H3. The van der Waals surface area contributed by atoms with Crippen molar-refractivity contribution in [3.05, 3.63) is 23.5 Å². The van der Waals surface area contributed by atoms with Crippen molar-refractivity contribution in [1.29, 1.82) is 0 Å². The van der Waals surface area contributed by atoms with Crippen molar-refractivity contribution in [3.63, 3.8) is 0 Å². The molecule has 9 heteroatoms. The van der Waals surface area contributed by atoms with E-state index in [1.807, 2.05) is 25.2 Å². The van der Waals surface area contributed by atoms with E-state index in [4.69, 9.17) is 4.74 Å². The minimum absolute atomic E-state index is 0.0157. The lowest BCUT2D eigenvalue weighted by Crippen LogP contribution is -2.62. The molecular weight excluding hydrogens is 402 g/mol. The Kier molecular flexibility index (Phi) is 4.52. The first-order chi connectivity index (χ1) is 14.3. The Morgan fingerprint density at radius 3 is 2.57 bits per heavy atom. The normalized spacial score (nSPS) is 28.0. The molecule has 3 aliphatic rings. The summed E-state index contributed by atoms with van der Waals surface area (Å²) in [7, 11) is 5.51. The van der Waals surface area contributed by atoms with E-state index in [2.05, 4.69) is 10.1 Å². The van der Waals surface area contributed by atoms with Gasteiger partial charge in [-0.25, -0.2) is 4.98 Å². The molecule has 1 saturated heterocycles. The van der Waals surface area contributed by atoms with Gasteiger partial charge in [0.25, 0.3) is 5.91 Å². The average Bonchev–Trinajstić information content (AvgIpc) is 3.49. The minimum Gasteiger partial charge on any atom is -0.378 e. The van der Waals surface area contributed by atoms with E-state index >= 15 is 0 Å². The Balaban J connectivity index is 1.20. The van der Waals surface area contributed by atoms with E-state index in [1.165, 1.54) is 11.3 Å². The summed E-state index contributed by atoms with van der Waals surface area (Å²) >= 11 is 1.38. The first-order valence-electron chi connectivity index (χ1n) is 10.4. The molecule has 5 rings (SSSR count). The molecule has 0 atom stereocenters. The van der Waals surface area contributed by atoms with Crippen LogP contribution in [0.3, 0.4) is 0 Å². The zero-order valence-corrected chi connectivity index (χ0v) is 18.4. The second-order valence-corrected chi connectivity index (χ2v) is 10.1. The molecule has 2 saturated carbocycles. The van der Waals surface area contributed by atoms with Crippen LogP contribution in [0.2, 0.25) is 0 Å². The Morgan fingerprint density at radius 2 is 1.97 bits per heavy atom. The molecule has 3 heterocycles. The molecule has 2 aromatic rings. The van der Waals surface area contributed by atoms with Crippen LogP contribution in [0, 0.1) is 5.41 Å². The highest BCUT2D eigenvalue weighted by Gasteiger charge is 2.59. The van der Waals surface area contributed by atoms with Crippen molar-refractivity contribution < 1.29 is 14.3 Å². The predicted molar refractivity (Wildman–Crippen MR) is 112 cm³/mol. The Bertz CT molecular complexity index is 984. The van der Waals surface area contributed by atoms with Gasteiger partial charge < -0.3 is 14.5 Å². The number of fused-ring (bicyclic) bond motifs is 2. The molecule has 2 aliphatic carbocycles. The quantitative estimate of drug-likeness (QED) is 0.728. The SMILES string of the molecule is COC12CCC(C(=O)N(C)C3CN(C(=O)c4cnc(-c5cnn(C)c5)s4)C3)(CC1)C2. The number of thiazole rings is 1.